The molecule has 0 amide bonds. The fourth-order valence-corrected chi connectivity index (χ4v) is 1.76. The van der Waals surface area contributed by atoms with Crippen LogP contribution in [0, 0.1) is 0 Å². The highest BCUT2D eigenvalue weighted by Gasteiger charge is 2.16. The fourth-order valence-electron chi connectivity index (χ4n) is 1.76. The minimum Gasteiger partial charge on any atom is -0.397 e. The van der Waals surface area contributed by atoms with Crippen molar-refractivity contribution in [1.82, 2.24) is 4.98 Å². The Kier molecular flexibility index (Phi) is 2.92. The normalized spacial score (nSPS) is 11.7. The number of hydrogen-bond acceptors (Lipinski definition) is 3. The van der Waals surface area contributed by atoms with Crippen LogP contribution < -0.4 is 11.1 Å². The molecular weight excluding hydrogens is 210 g/mol. The van der Waals surface area contributed by atoms with Crippen LogP contribution in [0.4, 0.5) is 11.4 Å². The maximum absolute atomic E-state index is 5.93. The first kappa shape index (κ1) is 11.7. The standard InChI is InChI=1S/C14H19N3/c1-4-14(2,3)17-12-8-7-11(15)13-10(12)6-5-9-16-13/h5-9,17H,4,15H2,1-3H3. The second kappa shape index (κ2) is 4.24. The molecule has 0 aliphatic rings. The zero-order chi connectivity index (χ0) is 12.5. The lowest BCUT2D eigenvalue weighted by atomic mass is 10.0. The van der Waals surface area contributed by atoms with E-state index in [2.05, 4.69) is 31.1 Å². The minimum absolute atomic E-state index is 0.0683. The summed E-state index contributed by atoms with van der Waals surface area (Å²) in [7, 11) is 0. The van der Waals surface area contributed by atoms with Gasteiger partial charge in [0.15, 0.2) is 0 Å². The number of aromatic nitrogens is 1. The number of nitrogens with two attached hydrogens (primary N) is 1. The number of hydrogen-bond donors (Lipinski definition) is 2. The molecule has 0 spiro atoms. The summed E-state index contributed by atoms with van der Waals surface area (Å²) in [5, 5.41) is 4.62. The summed E-state index contributed by atoms with van der Waals surface area (Å²) in [6.07, 6.45) is 2.83. The van der Waals surface area contributed by atoms with E-state index in [1.807, 2.05) is 24.3 Å². The molecule has 17 heavy (non-hydrogen) atoms. The summed E-state index contributed by atoms with van der Waals surface area (Å²) in [4.78, 5) is 4.33. The molecule has 1 aromatic carbocycles. The van der Waals surface area contributed by atoms with Crippen LogP contribution in [0.15, 0.2) is 30.5 Å². The molecule has 2 aromatic rings. The number of benzene rings is 1. The highest BCUT2D eigenvalue weighted by atomic mass is 15.0. The largest absolute Gasteiger partial charge is 0.397 e. The number of fused-ring (bicyclic) bond motifs is 1. The van der Waals surface area contributed by atoms with Crippen LogP contribution in [0.1, 0.15) is 27.2 Å². The lowest BCUT2D eigenvalue weighted by Gasteiger charge is -2.26. The molecule has 0 unspecified atom stereocenters. The lowest BCUT2D eigenvalue weighted by molar-refractivity contribution is 0.548. The summed E-state index contributed by atoms with van der Waals surface area (Å²) in [5.74, 6) is 0. The van der Waals surface area contributed by atoms with Crippen molar-refractivity contribution < 1.29 is 0 Å². The van der Waals surface area contributed by atoms with Crippen molar-refractivity contribution in [1.29, 1.82) is 0 Å². The van der Waals surface area contributed by atoms with E-state index in [9.17, 15) is 0 Å². The van der Waals surface area contributed by atoms with E-state index in [0.717, 1.165) is 28.7 Å². The van der Waals surface area contributed by atoms with Crippen molar-refractivity contribution in [3.8, 4) is 0 Å². The molecule has 0 aliphatic heterocycles. The Morgan fingerprint density at radius 1 is 1.29 bits per heavy atom. The van der Waals surface area contributed by atoms with Crippen LogP contribution in [0.3, 0.4) is 0 Å². The summed E-state index contributed by atoms with van der Waals surface area (Å²) < 4.78 is 0. The van der Waals surface area contributed by atoms with E-state index in [-0.39, 0.29) is 5.54 Å². The Labute approximate surface area is 102 Å². The van der Waals surface area contributed by atoms with Crippen molar-refractivity contribution in [2.75, 3.05) is 11.1 Å². The van der Waals surface area contributed by atoms with E-state index in [4.69, 9.17) is 5.73 Å². The number of rotatable bonds is 3. The average Bonchev–Trinajstić information content (AvgIpc) is 2.33. The monoisotopic (exact) mass is 229 g/mol. The topological polar surface area (TPSA) is 50.9 Å². The first-order valence-corrected chi connectivity index (χ1v) is 5.95. The zero-order valence-corrected chi connectivity index (χ0v) is 10.6. The quantitative estimate of drug-likeness (QED) is 0.793. The van der Waals surface area contributed by atoms with Gasteiger partial charge in [0.05, 0.1) is 11.2 Å². The van der Waals surface area contributed by atoms with Crippen LogP contribution in [-0.2, 0) is 0 Å². The molecule has 0 saturated carbocycles. The highest BCUT2D eigenvalue weighted by molar-refractivity contribution is 5.98. The van der Waals surface area contributed by atoms with E-state index < -0.39 is 0 Å². The van der Waals surface area contributed by atoms with Gasteiger partial charge in [0.25, 0.3) is 0 Å². The zero-order valence-electron chi connectivity index (χ0n) is 10.6. The molecule has 0 radical (unpaired) electrons. The van der Waals surface area contributed by atoms with E-state index in [1.54, 1.807) is 6.20 Å². The molecule has 90 valence electrons. The predicted octanol–water partition coefficient (Wildman–Crippen LogP) is 3.42. The molecule has 0 bridgehead atoms. The third-order valence-electron chi connectivity index (χ3n) is 3.16. The van der Waals surface area contributed by atoms with Crippen LogP contribution in [-0.4, -0.2) is 10.5 Å². The van der Waals surface area contributed by atoms with E-state index >= 15 is 0 Å². The molecule has 3 N–H and O–H groups in total. The molecule has 1 heterocycles. The maximum Gasteiger partial charge on any atom is 0.0951 e. The van der Waals surface area contributed by atoms with E-state index in [0.29, 0.717) is 0 Å². The van der Waals surface area contributed by atoms with Crippen LogP contribution in [0.2, 0.25) is 0 Å². The smallest absolute Gasteiger partial charge is 0.0951 e. The Hall–Kier alpha value is -1.77. The van der Waals surface area contributed by atoms with Gasteiger partial charge in [0.2, 0.25) is 0 Å². The molecule has 3 heteroatoms. The Morgan fingerprint density at radius 2 is 2.06 bits per heavy atom. The molecule has 0 atom stereocenters. The van der Waals surface area contributed by atoms with Gasteiger partial charge in [-0.05, 0) is 44.5 Å². The Morgan fingerprint density at radius 3 is 2.76 bits per heavy atom. The van der Waals surface area contributed by atoms with Gasteiger partial charge in [-0.15, -0.1) is 0 Å². The van der Waals surface area contributed by atoms with Gasteiger partial charge in [-0.2, -0.15) is 0 Å². The number of anilines is 2. The highest BCUT2D eigenvalue weighted by Crippen LogP contribution is 2.29. The average molecular weight is 229 g/mol. The van der Waals surface area contributed by atoms with Gasteiger partial charge in [-0.1, -0.05) is 6.92 Å². The fraction of sp³-hybridized carbons (Fsp3) is 0.357. The van der Waals surface area contributed by atoms with Crippen LogP contribution >= 0.6 is 0 Å². The number of pyridine rings is 1. The summed E-state index contributed by atoms with van der Waals surface area (Å²) in [6, 6.07) is 7.92. The van der Waals surface area contributed by atoms with Crippen molar-refractivity contribution in [2.24, 2.45) is 0 Å². The van der Waals surface area contributed by atoms with Crippen molar-refractivity contribution in [3.63, 3.8) is 0 Å². The van der Waals surface area contributed by atoms with Gasteiger partial charge < -0.3 is 11.1 Å². The van der Waals surface area contributed by atoms with Crippen LogP contribution in [0.5, 0.6) is 0 Å². The van der Waals surface area contributed by atoms with Gasteiger partial charge in [-0.3, -0.25) is 4.98 Å². The first-order chi connectivity index (χ1) is 8.03. The molecular formula is C14H19N3. The maximum atomic E-state index is 5.93. The molecule has 2 rings (SSSR count). The first-order valence-electron chi connectivity index (χ1n) is 5.95. The summed E-state index contributed by atoms with van der Waals surface area (Å²) >= 11 is 0. The lowest BCUT2D eigenvalue weighted by Crippen LogP contribution is -2.29. The number of nitrogens with one attached hydrogen (secondary N) is 1. The van der Waals surface area contributed by atoms with Gasteiger partial charge in [0.1, 0.15) is 0 Å². The number of nitrogen functional groups attached to an aromatic ring is 1. The Bertz CT molecular complexity index is 532. The van der Waals surface area contributed by atoms with Gasteiger partial charge >= 0.3 is 0 Å². The second-order valence-electron chi connectivity index (χ2n) is 4.96. The SMILES string of the molecule is CCC(C)(C)Nc1ccc(N)c2ncccc12. The summed E-state index contributed by atoms with van der Waals surface area (Å²) in [5.41, 5.74) is 8.68. The molecule has 1 aromatic heterocycles. The van der Waals surface area contributed by atoms with Crippen molar-refractivity contribution in [2.45, 2.75) is 32.7 Å². The second-order valence-corrected chi connectivity index (χ2v) is 4.96. The Balaban J connectivity index is 2.52. The van der Waals surface area contributed by atoms with Crippen molar-refractivity contribution >= 4 is 22.3 Å². The van der Waals surface area contributed by atoms with E-state index in [1.165, 1.54) is 0 Å². The minimum atomic E-state index is 0.0683. The third kappa shape index (κ3) is 2.33. The molecule has 3 nitrogen and oxygen atoms in total. The summed E-state index contributed by atoms with van der Waals surface area (Å²) in [6.45, 7) is 6.54. The van der Waals surface area contributed by atoms with Gasteiger partial charge in [0, 0.05) is 22.8 Å². The molecule has 0 saturated heterocycles. The predicted molar refractivity (Wildman–Crippen MR) is 74.1 cm³/mol. The van der Waals surface area contributed by atoms with Crippen molar-refractivity contribution in [3.05, 3.63) is 30.5 Å². The van der Waals surface area contributed by atoms with Gasteiger partial charge in [-0.25, -0.2) is 0 Å². The molecule has 0 aliphatic carbocycles. The molecule has 0 fully saturated rings. The van der Waals surface area contributed by atoms with Crippen LogP contribution in [0.25, 0.3) is 10.9 Å². The number of nitrogens with zero attached hydrogens (tertiary/aromatic N) is 1. The third-order valence-corrected chi connectivity index (χ3v) is 3.16.